The van der Waals surface area contributed by atoms with Gasteiger partial charge in [-0.05, 0) is 45.1 Å². The maximum absolute atomic E-state index is 12.1. The Kier molecular flexibility index (Phi) is 5.91. The molecule has 2 atom stereocenters. The Balaban J connectivity index is 1.77. The fraction of sp³-hybridized carbons (Fsp3) is 1.00. The lowest BCUT2D eigenvalue weighted by atomic mass is 9.80. The summed E-state index contributed by atoms with van der Waals surface area (Å²) in [6.07, 6.45) is 3.10. The maximum Gasteiger partial charge on any atom is 0.411 e. The molecule has 0 bridgehead atoms. The van der Waals surface area contributed by atoms with Crippen molar-refractivity contribution < 1.29 is 22.6 Å². The largest absolute Gasteiger partial charge is 0.411 e. The Morgan fingerprint density at radius 2 is 2.05 bits per heavy atom. The SMILES string of the molecule is CNC(CCOCC(F)(F)F)C1CCOC2(CCCC2)C1. The number of ether oxygens (including phenoxy) is 2. The third kappa shape index (κ3) is 5.11. The van der Waals surface area contributed by atoms with Gasteiger partial charge < -0.3 is 14.8 Å². The first kappa shape index (κ1) is 17.0. The summed E-state index contributed by atoms with van der Waals surface area (Å²) in [5.74, 6) is 0.469. The summed E-state index contributed by atoms with van der Waals surface area (Å²) in [7, 11) is 1.88. The van der Waals surface area contributed by atoms with E-state index in [2.05, 4.69) is 5.32 Å². The number of alkyl halides is 3. The van der Waals surface area contributed by atoms with Crippen molar-refractivity contribution in [3.05, 3.63) is 0 Å². The van der Waals surface area contributed by atoms with Crippen molar-refractivity contribution >= 4 is 0 Å². The molecule has 1 heterocycles. The molecule has 0 aromatic heterocycles. The van der Waals surface area contributed by atoms with Gasteiger partial charge in [0.05, 0.1) is 5.60 Å². The zero-order valence-corrected chi connectivity index (χ0v) is 12.7. The molecule has 2 fully saturated rings. The number of hydrogen-bond donors (Lipinski definition) is 1. The van der Waals surface area contributed by atoms with Gasteiger partial charge in [0.2, 0.25) is 0 Å². The van der Waals surface area contributed by atoms with E-state index in [0.29, 0.717) is 12.3 Å². The van der Waals surface area contributed by atoms with Gasteiger partial charge in [0.25, 0.3) is 0 Å². The highest BCUT2D eigenvalue weighted by Crippen LogP contribution is 2.43. The number of nitrogens with one attached hydrogen (secondary N) is 1. The fourth-order valence-corrected chi connectivity index (χ4v) is 3.79. The van der Waals surface area contributed by atoms with Gasteiger partial charge in [-0.25, -0.2) is 0 Å². The summed E-state index contributed by atoms with van der Waals surface area (Å²) in [6.45, 7) is -0.233. The summed E-state index contributed by atoms with van der Waals surface area (Å²) in [5.41, 5.74) is 0.0465. The average Bonchev–Trinajstić information content (AvgIpc) is 2.85. The summed E-state index contributed by atoms with van der Waals surface area (Å²) >= 11 is 0. The van der Waals surface area contributed by atoms with Gasteiger partial charge in [0, 0.05) is 19.3 Å². The Bertz CT molecular complexity index is 317. The minimum atomic E-state index is -4.23. The van der Waals surface area contributed by atoms with E-state index in [1.165, 1.54) is 12.8 Å². The second-order valence-corrected chi connectivity index (χ2v) is 6.34. The van der Waals surface area contributed by atoms with Gasteiger partial charge >= 0.3 is 6.18 Å². The third-order valence-corrected chi connectivity index (χ3v) is 4.82. The number of rotatable bonds is 6. The first-order valence-corrected chi connectivity index (χ1v) is 7.90. The van der Waals surface area contributed by atoms with Crippen LogP contribution in [0.4, 0.5) is 13.2 Å². The van der Waals surface area contributed by atoms with Gasteiger partial charge in [0.15, 0.2) is 0 Å². The Morgan fingerprint density at radius 1 is 1.33 bits per heavy atom. The molecular weight excluding hydrogens is 283 g/mol. The summed E-state index contributed by atoms with van der Waals surface area (Å²) < 4.78 is 46.9. The first-order valence-electron chi connectivity index (χ1n) is 7.90. The van der Waals surface area contributed by atoms with E-state index in [0.717, 1.165) is 32.3 Å². The highest BCUT2D eigenvalue weighted by atomic mass is 19.4. The molecule has 1 spiro atoms. The van der Waals surface area contributed by atoms with E-state index < -0.39 is 12.8 Å². The molecule has 21 heavy (non-hydrogen) atoms. The van der Waals surface area contributed by atoms with Gasteiger partial charge in [-0.2, -0.15) is 13.2 Å². The molecule has 1 aliphatic heterocycles. The fourth-order valence-electron chi connectivity index (χ4n) is 3.79. The van der Waals surface area contributed by atoms with Gasteiger partial charge in [-0.3, -0.25) is 0 Å². The van der Waals surface area contributed by atoms with Crippen molar-refractivity contribution in [2.45, 2.75) is 62.8 Å². The van der Waals surface area contributed by atoms with E-state index in [-0.39, 0.29) is 18.2 Å². The van der Waals surface area contributed by atoms with Crippen molar-refractivity contribution in [1.82, 2.24) is 5.32 Å². The molecule has 0 radical (unpaired) electrons. The zero-order chi connectivity index (χ0) is 15.3. The smallest absolute Gasteiger partial charge is 0.375 e. The van der Waals surface area contributed by atoms with Crippen LogP contribution in [0, 0.1) is 5.92 Å². The molecule has 1 aliphatic carbocycles. The van der Waals surface area contributed by atoms with Crippen LogP contribution in [0.2, 0.25) is 0 Å². The van der Waals surface area contributed by atoms with E-state index in [1.54, 1.807) is 0 Å². The van der Waals surface area contributed by atoms with Crippen LogP contribution in [-0.4, -0.2) is 44.7 Å². The molecule has 0 aromatic carbocycles. The van der Waals surface area contributed by atoms with Crippen molar-refractivity contribution in [3.8, 4) is 0 Å². The molecular formula is C15H26F3NO2. The summed E-state index contributed by atoms with van der Waals surface area (Å²) in [4.78, 5) is 0. The van der Waals surface area contributed by atoms with Gasteiger partial charge in [-0.1, -0.05) is 12.8 Å². The van der Waals surface area contributed by atoms with Crippen molar-refractivity contribution in [2.24, 2.45) is 5.92 Å². The standard InChI is InChI=1S/C15H26F3NO2/c1-19-13(5-8-20-11-15(16,17)18)12-4-9-21-14(10-12)6-2-3-7-14/h12-13,19H,2-11H2,1H3. The molecule has 3 nitrogen and oxygen atoms in total. The predicted octanol–water partition coefficient (Wildman–Crippen LogP) is 3.28. The van der Waals surface area contributed by atoms with Crippen LogP contribution in [0.15, 0.2) is 0 Å². The normalized spacial score (nSPS) is 27.1. The number of hydrogen-bond acceptors (Lipinski definition) is 3. The molecule has 124 valence electrons. The second-order valence-electron chi connectivity index (χ2n) is 6.34. The van der Waals surface area contributed by atoms with Crippen LogP contribution < -0.4 is 5.32 Å². The predicted molar refractivity (Wildman–Crippen MR) is 74.2 cm³/mol. The third-order valence-electron chi connectivity index (χ3n) is 4.82. The van der Waals surface area contributed by atoms with Crippen LogP contribution in [0.5, 0.6) is 0 Å². The molecule has 0 aromatic rings. The van der Waals surface area contributed by atoms with Crippen molar-refractivity contribution in [3.63, 3.8) is 0 Å². The highest BCUT2D eigenvalue weighted by molar-refractivity contribution is 4.94. The van der Waals surface area contributed by atoms with Crippen LogP contribution in [0.3, 0.4) is 0 Å². The molecule has 2 aliphatic rings. The lowest BCUT2D eigenvalue weighted by Gasteiger charge is -2.41. The molecule has 1 N–H and O–H groups in total. The molecule has 1 saturated heterocycles. The van der Waals surface area contributed by atoms with Crippen LogP contribution >= 0.6 is 0 Å². The summed E-state index contributed by atoms with van der Waals surface area (Å²) in [6, 6.07) is 0.208. The zero-order valence-electron chi connectivity index (χ0n) is 12.7. The van der Waals surface area contributed by atoms with Crippen LogP contribution in [-0.2, 0) is 9.47 Å². The lowest BCUT2D eigenvalue weighted by molar-refractivity contribution is -0.174. The average molecular weight is 309 g/mol. The van der Waals surface area contributed by atoms with E-state index in [1.807, 2.05) is 7.05 Å². The molecule has 0 amide bonds. The minimum absolute atomic E-state index is 0.0465. The van der Waals surface area contributed by atoms with Crippen LogP contribution in [0.25, 0.3) is 0 Å². The number of halogens is 3. The maximum atomic E-state index is 12.1. The Labute approximate surface area is 124 Å². The van der Waals surface area contributed by atoms with E-state index in [9.17, 15) is 13.2 Å². The molecule has 1 saturated carbocycles. The quantitative estimate of drug-likeness (QED) is 0.764. The molecule has 6 heteroatoms. The van der Waals surface area contributed by atoms with Crippen molar-refractivity contribution in [2.75, 3.05) is 26.9 Å². The Hall–Kier alpha value is -0.330. The monoisotopic (exact) mass is 309 g/mol. The highest BCUT2D eigenvalue weighted by Gasteiger charge is 2.41. The second kappa shape index (κ2) is 7.29. The van der Waals surface area contributed by atoms with Crippen molar-refractivity contribution in [1.29, 1.82) is 0 Å². The molecule has 2 rings (SSSR count). The van der Waals surface area contributed by atoms with Gasteiger partial charge in [0.1, 0.15) is 6.61 Å². The van der Waals surface area contributed by atoms with Crippen LogP contribution in [0.1, 0.15) is 44.9 Å². The van der Waals surface area contributed by atoms with Gasteiger partial charge in [-0.15, -0.1) is 0 Å². The van der Waals surface area contributed by atoms with E-state index in [4.69, 9.17) is 9.47 Å². The van der Waals surface area contributed by atoms with E-state index >= 15 is 0 Å². The lowest BCUT2D eigenvalue weighted by Crippen LogP contribution is -2.45. The Morgan fingerprint density at radius 3 is 2.67 bits per heavy atom. The first-order chi connectivity index (χ1) is 9.94. The summed E-state index contributed by atoms with van der Waals surface area (Å²) in [5, 5.41) is 3.26. The molecule has 2 unspecified atom stereocenters. The topological polar surface area (TPSA) is 30.5 Å². The minimum Gasteiger partial charge on any atom is -0.375 e.